The molecule has 0 aliphatic heterocycles. The number of esters is 1. The van der Waals surface area contributed by atoms with Crippen LogP contribution in [0, 0.1) is 17.5 Å². The van der Waals surface area contributed by atoms with E-state index >= 15 is 0 Å². The predicted molar refractivity (Wildman–Crippen MR) is 112 cm³/mol. The Morgan fingerprint density at radius 2 is 1.57 bits per heavy atom. The van der Waals surface area contributed by atoms with Crippen molar-refractivity contribution < 1.29 is 22.7 Å². The highest BCUT2D eigenvalue weighted by molar-refractivity contribution is 6.31. The van der Waals surface area contributed by atoms with E-state index in [1.807, 2.05) is 0 Å². The van der Waals surface area contributed by atoms with Gasteiger partial charge < -0.3 is 15.8 Å². The molecule has 0 fully saturated rings. The molecule has 0 spiro atoms. The van der Waals surface area contributed by atoms with Crippen molar-refractivity contribution >= 4 is 40.5 Å². The first-order chi connectivity index (χ1) is 14.2. The second kappa shape index (κ2) is 10.8. The molecule has 0 atom stereocenters. The van der Waals surface area contributed by atoms with Crippen LogP contribution < -0.4 is 11.1 Å². The smallest absolute Gasteiger partial charge is 0.337 e. The molecule has 0 aromatic heterocycles. The van der Waals surface area contributed by atoms with Crippen LogP contribution in [-0.4, -0.2) is 13.1 Å². The number of carbonyl (C=O) groups is 1. The van der Waals surface area contributed by atoms with Crippen LogP contribution in [0.1, 0.15) is 15.9 Å². The number of hydrogen-bond acceptors (Lipinski definition) is 4. The Morgan fingerprint density at radius 1 is 0.933 bits per heavy atom. The summed E-state index contributed by atoms with van der Waals surface area (Å²) in [7, 11) is 1.23. The Kier molecular flexibility index (Phi) is 8.38. The van der Waals surface area contributed by atoms with Crippen LogP contribution in [0.4, 0.5) is 24.5 Å². The third-order valence-electron chi connectivity index (χ3n) is 3.82. The Balaban J connectivity index is 0.000000297. The van der Waals surface area contributed by atoms with E-state index in [0.717, 1.165) is 6.07 Å². The van der Waals surface area contributed by atoms with Gasteiger partial charge >= 0.3 is 5.97 Å². The zero-order valence-corrected chi connectivity index (χ0v) is 17.2. The molecule has 0 aliphatic carbocycles. The molecule has 0 saturated carbocycles. The second-order valence-corrected chi connectivity index (χ2v) is 6.77. The number of anilines is 2. The molecule has 30 heavy (non-hydrogen) atoms. The van der Waals surface area contributed by atoms with Gasteiger partial charge in [-0.15, -0.1) is 0 Å². The molecule has 0 radical (unpaired) electrons. The summed E-state index contributed by atoms with van der Waals surface area (Å²) in [6.45, 7) is 0.176. The highest BCUT2D eigenvalue weighted by Gasteiger charge is 2.10. The Hall–Kier alpha value is -2.90. The van der Waals surface area contributed by atoms with Crippen molar-refractivity contribution in [2.45, 2.75) is 6.54 Å². The minimum absolute atomic E-state index is 0.0125. The topological polar surface area (TPSA) is 64.3 Å². The van der Waals surface area contributed by atoms with Crippen LogP contribution in [0.5, 0.6) is 0 Å². The molecule has 3 rings (SSSR count). The van der Waals surface area contributed by atoms with Crippen molar-refractivity contribution in [3.63, 3.8) is 0 Å². The van der Waals surface area contributed by atoms with Gasteiger partial charge in [0, 0.05) is 23.5 Å². The molecule has 0 heterocycles. The Labute approximate surface area is 181 Å². The molecule has 9 heteroatoms. The number of methoxy groups -OCH3 is 1. The maximum absolute atomic E-state index is 13.9. The van der Waals surface area contributed by atoms with Crippen molar-refractivity contribution in [2.24, 2.45) is 0 Å². The van der Waals surface area contributed by atoms with Crippen LogP contribution in [0.15, 0.2) is 54.6 Å². The molecule has 3 aromatic carbocycles. The normalized spacial score (nSPS) is 10.1. The van der Waals surface area contributed by atoms with Gasteiger partial charge in [0.2, 0.25) is 0 Å². The summed E-state index contributed by atoms with van der Waals surface area (Å²) in [6, 6.07) is 12.3. The van der Waals surface area contributed by atoms with Crippen LogP contribution in [0.25, 0.3) is 0 Å². The quantitative estimate of drug-likeness (QED) is 0.368. The van der Waals surface area contributed by atoms with Gasteiger partial charge in [-0.25, -0.2) is 18.0 Å². The number of benzene rings is 3. The molecule has 0 saturated heterocycles. The molecule has 0 unspecified atom stereocenters. The number of ether oxygens (including phenoxy) is 1. The number of carbonyl (C=O) groups excluding carboxylic acids is 1. The summed E-state index contributed by atoms with van der Waals surface area (Å²) in [5, 5.41) is 2.98. The third-order valence-corrected chi connectivity index (χ3v) is 4.40. The van der Waals surface area contributed by atoms with E-state index in [1.165, 1.54) is 55.6 Å². The SMILES string of the molecule is COC(=O)c1ccc(CNc2ccc(F)c(Cl)c2)c(F)c1.Nc1ccc(F)c(Cl)c1. The van der Waals surface area contributed by atoms with E-state index in [0.29, 0.717) is 16.9 Å². The third kappa shape index (κ3) is 6.57. The van der Waals surface area contributed by atoms with E-state index in [9.17, 15) is 18.0 Å². The predicted octanol–water partition coefficient (Wildman–Crippen LogP) is 6.08. The summed E-state index contributed by atoms with van der Waals surface area (Å²) >= 11 is 11.0. The van der Waals surface area contributed by atoms with Crippen LogP contribution in [-0.2, 0) is 11.3 Å². The van der Waals surface area contributed by atoms with Crippen LogP contribution in [0.2, 0.25) is 10.0 Å². The van der Waals surface area contributed by atoms with Crippen LogP contribution in [0.3, 0.4) is 0 Å². The first kappa shape index (κ1) is 23.4. The Morgan fingerprint density at radius 3 is 2.10 bits per heavy atom. The molecule has 0 aliphatic rings. The van der Waals surface area contributed by atoms with E-state index in [2.05, 4.69) is 10.1 Å². The monoisotopic (exact) mass is 456 g/mol. The lowest BCUT2D eigenvalue weighted by atomic mass is 10.1. The highest BCUT2D eigenvalue weighted by atomic mass is 35.5. The number of rotatable bonds is 4. The lowest BCUT2D eigenvalue weighted by Crippen LogP contribution is -2.06. The molecule has 3 aromatic rings. The van der Waals surface area contributed by atoms with Gasteiger partial charge in [-0.3, -0.25) is 0 Å². The van der Waals surface area contributed by atoms with Gasteiger partial charge in [-0.05, 0) is 48.5 Å². The number of nitrogen functional groups attached to an aromatic ring is 1. The maximum atomic E-state index is 13.9. The molecular weight excluding hydrogens is 440 g/mol. The van der Waals surface area contributed by atoms with Crippen LogP contribution >= 0.6 is 23.2 Å². The van der Waals surface area contributed by atoms with Gasteiger partial charge in [-0.1, -0.05) is 29.3 Å². The molecular formula is C21H17Cl2F3N2O2. The second-order valence-electron chi connectivity index (χ2n) is 5.95. The van der Waals surface area contributed by atoms with E-state index in [4.69, 9.17) is 28.9 Å². The first-order valence-corrected chi connectivity index (χ1v) is 9.23. The van der Waals surface area contributed by atoms with Gasteiger partial charge in [0.1, 0.15) is 17.5 Å². The average molecular weight is 457 g/mol. The number of nitrogens with two attached hydrogens (primary N) is 1. The number of hydrogen-bond donors (Lipinski definition) is 2. The zero-order valence-electron chi connectivity index (χ0n) is 15.7. The summed E-state index contributed by atoms with van der Waals surface area (Å²) in [6.07, 6.45) is 0. The average Bonchev–Trinajstić information content (AvgIpc) is 2.72. The van der Waals surface area contributed by atoms with Crippen molar-refractivity contribution in [2.75, 3.05) is 18.2 Å². The minimum atomic E-state index is -0.598. The molecule has 3 N–H and O–H groups in total. The fourth-order valence-electron chi connectivity index (χ4n) is 2.25. The van der Waals surface area contributed by atoms with Gasteiger partial charge in [0.25, 0.3) is 0 Å². The number of halogens is 5. The standard InChI is InChI=1S/C15H12ClF2NO2.C6H5ClFN/c1-21-15(20)9-2-3-10(14(18)6-9)8-19-11-4-5-13(17)12(16)7-11;7-5-3-4(9)1-2-6(5)8/h2-7,19H,8H2,1H3;1-3H,9H2. The van der Waals surface area contributed by atoms with Gasteiger partial charge in [0.05, 0.1) is 22.7 Å². The Bertz CT molecular complexity index is 1050. The van der Waals surface area contributed by atoms with Crippen molar-refractivity contribution in [3.8, 4) is 0 Å². The van der Waals surface area contributed by atoms with E-state index in [-0.39, 0.29) is 22.2 Å². The zero-order chi connectivity index (χ0) is 22.3. The lowest BCUT2D eigenvalue weighted by Gasteiger charge is -2.09. The summed E-state index contributed by atoms with van der Waals surface area (Å²) in [5.41, 5.74) is 6.82. The largest absolute Gasteiger partial charge is 0.465 e. The fourth-order valence-corrected chi connectivity index (χ4v) is 2.62. The van der Waals surface area contributed by atoms with Crippen molar-refractivity contribution in [3.05, 3.63) is 93.2 Å². The molecule has 4 nitrogen and oxygen atoms in total. The first-order valence-electron chi connectivity index (χ1n) is 8.47. The fraction of sp³-hybridized carbons (Fsp3) is 0.0952. The maximum Gasteiger partial charge on any atom is 0.337 e. The molecule has 0 bridgehead atoms. The minimum Gasteiger partial charge on any atom is -0.465 e. The summed E-state index contributed by atoms with van der Waals surface area (Å²) < 4.78 is 43.7. The lowest BCUT2D eigenvalue weighted by molar-refractivity contribution is 0.0600. The molecule has 158 valence electrons. The van der Waals surface area contributed by atoms with Gasteiger partial charge in [0.15, 0.2) is 0 Å². The van der Waals surface area contributed by atoms with Crippen molar-refractivity contribution in [1.82, 2.24) is 0 Å². The van der Waals surface area contributed by atoms with Crippen molar-refractivity contribution in [1.29, 1.82) is 0 Å². The van der Waals surface area contributed by atoms with Gasteiger partial charge in [-0.2, -0.15) is 0 Å². The van der Waals surface area contributed by atoms with E-state index in [1.54, 1.807) is 0 Å². The summed E-state index contributed by atoms with van der Waals surface area (Å²) in [5.74, 6) is -2.08. The molecule has 0 amide bonds. The number of nitrogens with one attached hydrogen (secondary N) is 1. The highest BCUT2D eigenvalue weighted by Crippen LogP contribution is 2.21. The summed E-state index contributed by atoms with van der Waals surface area (Å²) in [4.78, 5) is 11.3. The van der Waals surface area contributed by atoms with E-state index < -0.39 is 23.4 Å².